The van der Waals surface area contributed by atoms with Gasteiger partial charge in [-0.05, 0) is 155 Å². The number of nitrogens with one attached hydrogen (secondary N) is 9. The maximum Gasteiger partial charge on any atom is 0.237 e. The van der Waals surface area contributed by atoms with Crippen molar-refractivity contribution in [3.8, 4) is 0 Å². The van der Waals surface area contributed by atoms with Crippen LogP contribution in [-0.2, 0) is 45.0 Å². The van der Waals surface area contributed by atoms with Gasteiger partial charge in [-0.3, -0.25) is 28.8 Å². The third-order valence-electron chi connectivity index (χ3n) is 21.7. The van der Waals surface area contributed by atoms with Crippen molar-refractivity contribution >= 4 is 122 Å². The lowest BCUT2D eigenvalue weighted by Gasteiger charge is -2.37. The maximum absolute atomic E-state index is 15.7. The zero-order valence-corrected chi connectivity index (χ0v) is 67.7. The predicted molar refractivity (Wildman–Crippen MR) is 424 cm³/mol. The predicted octanol–water partition coefficient (Wildman–Crippen LogP) is 11.4. The van der Waals surface area contributed by atoms with Crippen LogP contribution in [0.25, 0.3) is 0 Å². The molecule has 6 aliphatic rings. The largest absolute Gasteiger partial charge is 0.394 e. The number of aliphatic hydroxyl groups excluding tert-OH is 6. The lowest BCUT2D eigenvalue weighted by molar-refractivity contribution is -0.125. The molecule has 0 aromatic heterocycles. The zero-order chi connectivity index (χ0) is 82.2. The van der Waals surface area contributed by atoms with Gasteiger partial charge in [-0.25, -0.2) is 17.6 Å². The lowest BCUT2D eigenvalue weighted by atomic mass is 9.62. The number of fused-ring (bicyclic) bond motifs is 6. The molecule has 3 spiro atoms. The van der Waals surface area contributed by atoms with E-state index in [1.807, 2.05) is 68.4 Å². The lowest BCUT2D eigenvalue weighted by Crippen LogP contribution is -2.49. The summed E-state index contributed by atoms with van der Waals surface area (Å²) in [5, 5.41) is 83.9. The van der Waals surface area contributed by atoms with Crippen molar-refractivity contribution in [3.05, 3.63) is 190 Å². The van der Waals surface area contributed by atoms with Gasteiger partial charge in [-0.15, -0.1) is 0 Å². The third kappa shape index (κ3) is 17.8. The van der Waals surface area contributed by atoms with Crippen molar-refractivity contribution in [2.45, 2.75) is 189 Å². The first-order valence-corrected chi connectivity index (χ1v) is 39.2. The molecule has 0 unspecified atom stereocenters. The molecule has 31 heteroatoms. The Hall–Kier alpha value is -6.76. The van der Waals surface area contributed by atoms with Crippen LogP contribution in [0, 0.1) is 39.5 Å². The highest BCUT2D eigenvalue weighted by molar-refractivity contribution is 6.33. The second-order valence-electron chi connectivity index (χ2n) is 33.2. The number of benzene rings is 6. The first-order valence-electron chi connectivity index (χ1n) is 36.9. The molecule has 15 atom stereocenters. The summed E-state index contributed by atoms with van der Waals surface area (Å²) in [4.78, 5) is 82.8. The number of hydrogen-bond acceptors (Lipinski definition) is 15. The van der Waals surface area contributed by atoms with Crippen LogP contribution in [0.3, 0.4) is 0 Å². The SMILES string of the molecule is CC(C)(C)C[C@H]1N[C@@H](C(=O)NCC[C@H](O)CO)[C@H](c2ccc(F)c(Cl)c2)[C@@]12C(=O)Nc1cc(Cl)c(F)cc12.CC(C)(C)C[C@H]1N[C@@H](C(=O)NCC[C@H](O)CO)[C@H](c2cccc(Cl)c2)[C@@]12C(=O)Nc1cc(Cl)c(F)cc12.CC(C)(C)C[C@H]1N[C@@H](C(=O)NCC[C@H](O)CO)[C@H](c2cccc(Cl)c2F)[C@@]12C(=O)Nc1cc(Cl)ccc12. The second-order valence-corrected chi connectivity index (χ2v) is 35.7. The first kappa shape index (κ1) is 87.6. The summed E-state index contributed by atoms with van der Waals surface area (Å²) in [5.41, 5.74) is -0.953. The molecule has 606 valence electrons. The van der Waals surface area contributed by atoms with E-state index in [-0.39, 0.29) is 98.5 Å². The van der Waals surface area contributed by atoms with Gasteiger partial charge in [0.1, 0.15) is 39.5 Å². The highest BCUT2D eigenvalue weighted by Gasteiger charge is 2.69. The number of anilines is 3. The highest BCUT2D eigenvalue weighted by Crippen LogP contribution is 2.61. The Bertz CT molecular complexity index is 4550. The molecule has 15 N–H and O–H groups in total. The highest BCUT2D eigenvalue weighted by atomic mass is 35.5. The van der Waals surface area contributed by atoms with E-state index in [4.69, 9.17) is 84.9 Å². The molecule has 6 aromatic carbocycles. The van der Waals surface area contributed by atoms with E-state index in [9.17, 15) is 57.3 Å². The minimum atomic E-state index is -1.46. The van der Waals surface area contributed by atoms with Crippen molar-refractivity contribution in [1.82, 2.24) is 31.9 Å². The quantitative estimate of drug-likeness (QED) is 0.0298. The van der Waals surface area contributed by atoms with Crippen molar-refractivity contribution in [2.24, 2.45) is 16.2 Å². The number of carbonyl (C=O) groups excluding carboxylic acids is 6. The molecule has 0 radical (unpaired) electrons. The van der Waals surface area contributed by atoms with Gasteiger partial charge in [0.15, 0.2) is 0 Å². The average Bonchev–Trinajstić information content (AvgIpc) is 1.54. The number of amides is 6. The summed E-state index contributed by atoms with van der Waals surface area (Å²) in [7, 11) is 0. The Morgan fingerprint density at radius 3 is 1.19 bits per heavy atom. The minimum Gasteiger partial charge on any atom is -0.394 e. The third-order valence-corrected chi connectivity index (χ3v) is 23.3. The summed E-state index contributed by atoms with van der Waals surface area (Å²) in [5.74, 6) is -7.70. The molecule has 12 rings (SSSR count). The van der Waals surface area contributed by atoms with Crippen LogP contribution in [0.5, 0.6) is 0 Å². The smallest absolute Gasteiger partial charge is 0.237 e. The molecule has 6 aromatic rings. The van der Waals surface area contributed by atoms with Crippen LogP contribution >= 0.6 is 69.6 Å². The Morgan fingerprint density at radius 2 is 0.795 bits per heavy atom. The van der Waals surface area contributed by atoms with E-state index < -0.39 is 149 Å². The normalized spacial score (nSPS) is 25.6. The number of hydrogen-bond donors (Lipinski definition) is 15. The summed E-state index contributed by atoms with van der Waals surface area (Å²) >= 11 is 37.0. The van der Waals surface area contributed by atoms with E-state index >= 15 is 4.39 Å². The van der Waals surface area contributed by atoms with Gasteiger partial charge in [-0.1, -0.05) is 168 Å². The fourth-order valence-electron chi connectivity index (χ4n) is 17.1. The van der Waals surface area contributed by atoms with Gasteiger partial charge in [0.25, 0.3) is 0 Å². The van der Waals surface area contributed by atoms with Crippen LogP contribution in [-0.4, -0.2) is 160 Å². The fourth-order valence-corrected chi connectivity index (χ4v) is 18.2. The molecule has 0 aliphatic carbocycles. The minimum absolute atomic E-state index is 0.0690. The Kier molecular flexibility index (Phi) is 27.4. The average molecular weight is 1680 g/mol. The first-order chi connectivity index (χ1) is 52.6. The molecular weight excluding hydrogens is 1580 g/mol. The summed E-state index contributed by atoms with van der Waals surface area (Å²) < 4.78 is 59.6. The zero-order valence-electron chi connectivity index (χ0n) is 63.1. The van der Waals surface area contributed by atoms with Crippen molar-refractivity contribution in [1.29, 1.82) is 0 Å². The Morgan fingerprint density at radius 1 is 0.429 bits per heavy atom. The van der Waals surface area contributed by atoms with Crippen LogP contribution in [0.1, 0.15) is 152 Å². The number of aliphatic hydroxyl groups is 6. The monoisotopic (exact) mass is 1670 g/mol. The van der Waals surface area contributed by atoms with Gasteiger partial charge < -0.3 is 78.5 Å². The fraction of sp³-hybridized carbons (Fsp3) is 0.481. The van der Waals surface area contributed by atoms with Crippen molar-refractivity contribution < 1.29 is 77.0 Å². The topological polar surface area (TPSA) is 332 Å². The Balaban J connectivity index is 0.000000178. The van der Waals surface area contributed by atoms with E-state index in [1.54, 1.807) is 48.5 Å². The number of rotatable bonds is 21. The van der Waals surface area contributed by atoms with Crippen molar-refractivity contribution in [3.63, 3.8) is 0 Å². The molecule has 6 amide bonds. The van der Waals surface area contributed by atoms with Crippen LogP contribution in [0.4, 0.5) is 34.6 Å². The molecule has 0 saturated carbocycles. The molecule has 112 heavy (non-hydrogen) atoms. The van der Waals surface area contributed by atoms with E-state index in [0.717, 1.165) is 0 Å². The van der Waals surface area contributed by atoms with Gasteiger partial charge in [-0.2, -0.15) is 0 Å². The van der Waals surface area contributed by atoms with Gasteiger partial charge in [0.05, 0.1) is 76.3 Å². The molecule has 6 heterocycles. The van der Waals surface area contributed by atoms with Crippen LogP contribution in [0.2, 0.25) is 30.1 Å². The van der Waals surface area contributed by atoms with Gasteiger partial charge in [0, 0.05) is 82.6 Å². The molecule has 3 fully saturated rings. The van der Waals surface area contributed by atoms with E-state index in [0.29, 0.717) is 74.2 Å². The second kappa shape index (κ2) is 35.0. The van der Waals surface area contributed by atoms with Gasteiger partial charge >= 0.3 is 0 Å². The molecule has 21 nitrogen and oxygen atoms in total. The number of carbonyl (C=O) groups is 6. The summed E-state index contributed by atoms with van der Waals surface area (Å²) in [6.07, 6.45) is -1.06. The molecular formula is C81H95Cl6F4N9O12. The summed E-state index contributed by atoms with van der Waals surface area (Å²) in [6.45, 7) is 17.2. The summed E-state index contributed by atoms with van der Waals surface area (Å²) in [6, 6.07) is 21.5. The molecule has 6 aliphatic heterocycles. The van der Waals surface area contributed by atoms with Crippen LogP contribution in [0.15, 0.2) is 103 Å². The van der Waals surface area contributed by atoms with Crippen molar-refractivity contribution in [2.75, 3.05) is 55.4 Å². The number of halogens is 10. The molecule has 3 saturated heterocycles. The van der Waals surface area contributed by atoms with E-state index in [2.05, 4.69) is 47.9 Å². The Labute approximate surface area is 677 Å². The van der Waals surface area contributed by atoms with Crippen LogP contribution < -0.4 is 47.9 Å². The van der Waals surface area contributed by atoms with E-state index in [1.165, 1.54) is 48.5 Å². The van der Waals surface area contributed by atoms with Gasteiger partial charge in [0.2, 0.25) is 35.4 Å². The maximum atomic E-state index is 15.7. The standard InChI is InChI=1S/C27H31Cl2F2N3O4.2C27H32Cl2FN3O4/c1-26(2,3)11-21-27(15-9-19(31)17(29)10-20(15)33-25(27)38)22(13-4-5-18(30)16(28)8-13)23(34-21)24(37)32-7-6-14(36)12-35;1-26(2,3)12-21-27(17-10-19(30)18(29)11-20(17)32-25(27)37)22(14-5-4-6-15(28)9-14)23(33-21)24(36)31-8-7-16(35)13-34;1-26(2,3)12-20-27(17-8-7-14(28)11-19(17)32-25(27)37)21(16-5-4-6-18(29)22(16)30)23(33-20)24(36)31-10-9-15(35)13-34/h4-5,8-10,14,21-23,34-36H,6-7,11-12H2,1-3H3,(H,32,37)(H,33,38);4-6,9-11,16,21-23,33-35H,7-8,12-13H2,1-3H3,(H,31,36)(H,32,37);4-8,11,15,20-21,23,33-35H,9-10,12-13H2,1-3H3,(H,31,36)(H,32,37)/t14-,21+,22-,23+,27-;16-,21+,22-,23+,27-;15-,20+,21-,23+,27-/m000/s1. The molecule has 0 bridgehead atoms.